The van der Waals surface area contributed by atoms with E-state index in [1.807, 2.05) is 6.07 Å². The first-order chi connectivity index (χ1) is 8.61. The molecular weight excluding hydrogens is 220 g/mol. The summed E-state index contributed by atoms with van der Waals surface area (Å²) < 4.78 is 12.1. The van der Waals surface area contributed by atoms with E-state index in [4.69, 9.17) is 16.9 Å². The molecule has 5 nitrogen and oxygen atoms in total. The van der Waals surface area contributed by atoms with Crippen molar-refractivity contribution in [3.05, 3.63) is 30.0 Å². The smallest absolute Gasteiger partial charge is 0.320 e. The van der Waals surface area contributed by atoms with Gasteiger partial charge in [0.2, 0.25) is 0 Å². The normalized spacial score (nSPS) is 13.4. The molecule has 0 unspecified atom stereocenters. The average Bonchev–Trinajstić information content (AvgIpc) is 2.72. The van der Waals surface area contributed by atoms with E-state index in [1.54, 1.807) is 18.3 Å². The summed E-state index contributed by atoms with van der Waals surface area (Å²) in [5.41, 5.74) is 7.24. The number of carboxylic acid groups (broad SMARTS) is 1. The quantitative estimate of drug-likeness (QED) is 0.741. The molecule has 90 valence electrons. The van der Waals surface area contributed by atoms with Gasteiger partial charge in [0, 0.05) is 23.5 Å². The fourth-order valence-electron chi connectivity index (χ4n) is 1.74. The Bertz CT molecular complexity index is 567. The number of hydrogen-bond acceptors (Lipinski definition) is 3. The van der Waals surface area contributed by atoms with E-state index in [-0.39, 0.29) is 13.5 Å². The highest BCUT2D eigenvalue weighted by molar-refractivity contribution is 5.85. The van der Waals surface area contributed by atoms with Crippen LogP contribution in [-0.4, -0.2) is 29.2 Å². The van der Waals surface area contributed by atoms with Gasteiger partial charge in [0.1, 0.15) is 11.8 Å². The second-order valence-corrected chi connectivity index (χ2v) is 3.81. The Balaban J connectivity index is 2.33. The molecule has 1 atom stereocenters. The molecule has 0 aliphatic rings. The molecule has 4 N–H and O–H groups in total. The lowest BCUT2D eigenvalue weighted by molar-refractivity contribution is -0.138. The summed E-state index contributed by atoms with van der Waals surface area (Å²) in [5.74, 6) is -0.440. The fraction of sp³-hybridized carbons (Fsp3) is 0.250. The average molecular weight is 235 g/mol. The second-order valence-electron chi connectivity index (χ2n) is 3.81. The zero-order valence-corrected chi connectivity index (χ0v) is 9.14. The topological polar surface area (TPSA) is 88.3 Å². The predicted octanol–water partition coefficient (Wildman–Crippen LogP) is 1.13. The zero-order valence-electron chi connectivity index (χ0n) is 10.1. The molecule has 2 rings (SSSR count). The number of nitrogens with two attached hydrogens (primary N) is 1. The molecule has 1 aromatic heterocycles. The summed E-state index contributed by atoms with van der Waals surface area (Å²) in [6, 6.07) is 4.44. The lowest BCUT2D eigenvalue weighted by atomic mass is 10.1. The van der Waals surface area contributed by atoms with Crippen LogP contribution in [-0.2, 0) is 11.2 Å². The van der Waals surface area contributed by atoms with E-state index in [9.17, 15) is 4.79 Å². The molecule has 0 bridgehead atoms. The number of nitrogens with one attached hydrogen (secondary N) is 1. The molecule has 0 saturated carbocycles. The van der Waals surface area contributed by atoms with Crippen molar-refractivity contribution < 1.29 is 16.0 Å². The minimum atomic E-state index is -1.03. The van der Waals surface area contributed by atoms with Gasteiger partial charge in [-0.3, -0.25) is 4.79 Å². The first-order valence-electron chi connectivity index (χ1n) is 5.83. The van der Waals surface area contributed by atoms with Gasteiger partial charge in [-0.05, 0) is 23.8 Å². The number of aliphatic carboxylic acids is 1. The Morgan fingerprint density at radius 3 is 3.24 bits per heavy atom. The number of aromatic amines is 1. The van der Waals surface area contributed by atoms with E-state index in [0.717, 1.165) is 16.5 Å². The van der Waals surface area contributed by atoms with Crippen LogP contribution in [0, 0.1) is 0 Å². The lowest BCUT2D eigenvalue weighted by Crippen LogP contribution is -2.32. The van der Waals surface area contributed by atoms with Crippen LogP contribution in [0.3, 0.4) is 0 Å². The Kier molecular flexibility index (Phi) is 2.67. The molecule has 0 aliphatic heterocycles. The van der Waals surface area contributed by atoms with Crippen molar-refractivity contribution in [2.75, 3.05) is 7.09 Å². The van der Waals surface area contributed by atoms with Gasteiger partial charge in [-0.25, -0.2) is 0 Å². The van der Waals surface area contributed by atoms with E-state index in [1.165, 1.54) is 0 Å². The number of carbonyl (C=O) groups is 1. The fourth-order valence-corrected chi connectivity index (χ4v) is 1.74. The molecule has 0 saturated heterocycles. The standard InChI is InChI=1S/C12H14N2O3/c1-17-8-2-3-11-9(5-8)7(6-14-11)4-10(13)12(15)16/h2-3,5-6,10,14H,4,13H2,1H3,(H,15,16)/t10-/m0/s1/i1D. The van der Waals surface area contributed by atoms with Crippen molar-refractivity contribution in [1.29, 1.82) is 0 Å². The first kappa shape index (κ1) is 10.2. The molecule has 0 amide bonds. The van der Waals surface area contributed by atoms with Crippen LogP contribution in [0.2, 0.25) is 0 Å². The predicted molar refractivity (Wildman–Crippen MR) is 64.2 cm³/mol. The van der Waals surface area contributed by atoms with Crippen LogP contribution in [0.4, 0.5) is 0 Å². The number of hydrogen-bond donors (Lipinski definition) is 3. The van der Waals surface area contributed by atoms with Crippen LogP contribution in [0.25, 0.3) is 10.9 Å². The zero-order chi connectivity index (χ0) is 13.1. The van der Waals surface area contributed by atoms with Gasteiger partial charge >= 0.3 is 5.97 Å². The summed E-state index contributed by atoms with van der Waals surface area (Å²) in [4.78, 5) is 13.8. The first-order valence-corrected chi connectivity index (χ1v) is 5.12. The number of carboxylic acids is 1. The molecule has 0 aliphatic carbocycles. The van der Waals surface area contributed by atoms with E-state index in [2.05, 4.69) is 4.98 Å². The van der Waals surface area contributed by atoms with Gasteiger partial charge in [0.25, 0.3) is 0 Å². The molecule has 2 aromatic rings. The molecule has 1 aromatic carbocycles. The van der Waals surface area contributed by atoms with Crippen LogP contribution >= 0.6 is 0 Å². The van der Waals surface area contributed by atoms with Crippen LogP contribution in [0.5, 0.6) is 5.75 Å². The highest BCUT2D eigenvalue weighted by atomic mass is 16.5. The van der Waals surface area contributed by atoms with Crippen molar-refractivity contribution in [2.24, 2.45) is 5.73 Å². The van der Waals surface area contributed by atoms with Crippen molar-refractivity contribution in [1.82, 2.24) is 4.98 Å². The number of fused-ring (bicyclic) bond motifs is 1. The summed E-state index contributed by atoms with van der Waals surface area (Å²) in [5, 5.41) is 9.68. The monoisotopic (exact) mass is 235 g/mol. The molecule has 0 spiro atoms. The van der Waals surface area contributed by atoms with Gasteiger partial charge in [0.15, 0.2) is 0 Å². The summed E-state index contributed by atoms with van der Waals surface area (Å²) in [6.45, 7) is 0. The van der Waals surface area contributed by atoms with Crippen molar-refractivity contribution >= 4 is 16.9 Å². The molecule has 5 heteroatoms. The van der Waals surface area contributed by atoms with Gasteiger partial charge in [0.05, 0.1) is 8.46 Å². The maximum Gasteiger partial charge on any atom is 0.320 e. The highest BCUT2D eigenvalue weighted by Crippen LogP contribution is 2.24. The SMILES string of the molecule is [2H]COc1ccc2[nH]cc(C[C@H](N)C(=O)O)c2c1. The number of benzene rings is 1. The third kappa shape index (κ3) is 2.24. The number of aromatic nitrogens is 1. The van der Waals surface area contributed by atoms with Gasteiger partial charge in [-0.2, -0.15) is 0 Å². The van der Waals surface area contributed by atoms with Gasteiger partial charge in [-0.1, -0.05) is 0 Å². The number of rotatable bonds is 4. The maximum atomic E-state index is 10.7. The van der Waals surface area contributed by atoms with E-state index >= 15 is 0 Å². The Morgan fingerprint density at radius 1 is 1.71 bits per heavy atom. The molecule has 0 fully saturated rings. The largest absolute Gasteiger partial charge is 0.497 e. The Hall–Kier alpha value is -2.01. The van der Waals surface area contributed by atoms with Gasteiger partial charge in [-0.15, -0.1) is 0 Å². The van der Waals surface area contributed by atoms with E-state index in [0.29, 0.717) is 5.75 Å². The molecular formula is C12H14N2O3. The van der Waals surface area contributed by atoms with E-state index < -0.39 is 12.0 Å². The third-order valence-electron chi connectivity index (χ3n) is 2.66. The highest BCUT2D eigenvalue weighted by Gasteiger charge is 2.15. The Labute approximate surface area is 99.6 Å². The van der Waals surface area contributed by atoms with Crippen LogP contribution in [0.15, 0.2) is 24.4 Å². The number of methoxy groups -OCH3 is 1. The molecule has 17 heavy (non-hydrogen) atoms. The summed E-state index contributed by atoms with van der Waals surface area (Å²) in [7, 11) is -0.153. The second kappa shape index (κ2) is 4.47. The summed E-state index contributed by atoms with van der Waals surface area (Å²) >= 11 is 0. The van der Waals surface area contributed by atoms with Crippen molar-refractivity contribution in [3.8, 4) is 5.75 Å². The number of H-pyrrole nitrogens is 1. The van der Waals surface area contributed by atoms with Crippen molar-refractivity contribution in [3.63, 3.8) is 0 Å². The third-order valence-corrected chi connectivity index (χ3v) is 2.66. The minimum absolute atomic E-state index is 0.153. The van der Waals surface area contributed by atoms with Gasteiger partial charge < -0.3 is 20.6 Å². The molecule has 0 radical (unpaired) electrons. The van der Waals surface area contributed by atoms with Crippen LogP contribution < -0.4 is 10.5 Å². The Morgan fingerprint density at radius 2 is 2.53 bits per heavy atom. The minimum Gasteiger partial charge on any atom is -0.497 e. The number of ether oxygens (including phenoxy) is 1. The van der Waals surface area contributed by atoms with Crippen LogP contribution in [0.1, 0.15) is 6.93 Å². The maximum absolute atomic E-state index is 10.7. The summed E-state index contributed by atoms with van der Waals surface area (Å²) in [6.07, 6.45) is 2.00. The lowest BCUT2D eigenvalue weighted by Gasteiger charge is -2.05. The molecule has 1 heterocycles. The van der Waals surface area contributed by atoms with Crippen molar-refractivity contribution in [2.45, 2.75) is 12.5 Å².